The minimum Gasteiger partial charge on any atom is -0.481 e. The van der Waals surface area contributed by atoms with Gasteiger partial charge in [0.05, 0.1) is 7.11 Å². The Bertz CT molecular complexity index is 251. The summed E-state index contributed by atoms with van der Waals surface area (Å²) in [7, 11) is 1.22. The number of methoxy groups -OCH3 is 1. The quantitative estimate of drug-likeness (QED) is 0.600. The molecule has 0 saturated heterocycles. The molecular formula is C9H15NO5. The van der Waals surface area contributed by atoms with Gasteiger partial charge in [0.15, 0.2) is 0 Å². The van der Waals surface area contributed by atoms with Crippen LogP contribution in [0.1, 0.15) is 19.8 Å². The molecule has 0 aromatic rings. The maximum atomic E-state index is 11.3. The van der Waals surface area contributed by atoms with Crippen molar-refractivity contribution in [2.45, 2.75) is 19.8 Å². The second-order valence-electron chi connectivity index (χ2n) is 3.13. The number of carboxylic acid groups (broad SMARTS) is 1. The Labute approximate surface area is 87.6 Å². The van der Waals surface area contributed by atoms with Crippen molar-refractivity contribution in [2.75, 3.05) is 13.7 Å². The molecule has 0 heterocycles. The van der Waals surface area contributed by atoms with Gasteiger partial charge in [0.2, 0.25) is 5.91 Å². The van der Waals surface area contributed by atoms with Gasteiger partial charge in [0, 0.05) is 12.3 Å². The second kappa shape index (κ2) is 6.80. The molecule has 1 atom stereocenters. The summed E-state index contributed by atoms with van der Waals surface area (Å²) in [5, 5.41) is 10.7. The van der Waals surface area contributed by atoms with E-state index in [-0.39, 0.29) is 25.3 Å². The van der Waals surface area contributed by atoms with E-state index in [1.165, 1.54) is 7.11 Å². The van der Waals surface area contributed by atoms with Gasteiger partial charge in [-0.2, -0.15) is 0 Å². The van der Waals surface area contributed by atoms with Crippen LogP contribution in [-0.2, 0) is 19.1 Å². The molecule has 0 rings (SSSR count). The molecule has 15 heavy (non-hydrogen) atoms. The highest BCUT2D eigenvalue weighted by atomic mass is 16.5. The third-order valence-electron chi connectivity index (χ3n) is 1.87. The molecule has 0 bridgehead atoms. The number of nitrogens with one attached hydrogen (secondary N) is 1. The van der Waals surface area contributed by atoms with Crippen LogP contribution in [0.3, 0.4) is 0 Å². The Morgan fingerprint density at radius 2 is 2.00 bits per heavy atom. The van der Waals surface area contributed by atoms with Crippen LogP contribution in [0.2, 0.25) is 0 Å². The highest BCUT2D eigenvalue weighted by molar-refractivity contribution is 5.83. The number of carboxylic acids is 1. The average Bonchev–Trinajstić information content (AvgIpc) is 2.21. The lowest BCUT2D eigenvalue weighted by molar-refractivity contribution is -0.142. The lowest BCUT2D eigenvalue weighted by Gasteiger charge is -2.09. The molecule has 0 aliphatic carbocycles. The molecule has 0 spiro atoms. The SMILES string of the molecule is COC(=O)CNC(=O)[C@@H](C)CCC(=O)O. The normalized spacial score (nSPS) is 11.6. The van der Waals surface area contributed by atoms with Crippen LogP contribution < -0.4 is 5.32 Å². The number of hydrogen-bond donors (Lipinski definition) is 2. The molecule has 6 heteroatoms. The molecule has 0 aliphatic rings. The Morgan fingerprint density at radius 3 is 2.47 bits per heavy atom. The molecule has 1 amide bonds. The molecule has 0 aromatic carbocycles. The first kappa shape index (κ1) is 13.4. The van der Waals surface area contributed by atoms with Gasteiger partial charge in [-0.05, 0) is 6.42 Å². The van der Waals surface area contributed by atoms with Crippen molar-refractivity contribution < 1.29 is 24.2 Å². The smallest absolute Gasteiger partial charge is 0.325 e. The largest absolute Gasteiger partial charge is 0.481 e. The fourth-order valence-corrected chi connectivity index (χ4v) is 0.877. The first-order chi connectivity index (χ1) is 6.97. The third kappa shape index (κ3) is 6.48. The molecule has 86 valence electrons. The molecule has 6 nitrogen and oxygen atoms in total. The highest BCUT2D eigenvalue weighted by Crippen LogP contribution is 2.04. The van der Waals surface area contributed by atoms with Crippen molar-refractivity contribution in [1.82, 2.24) is 5.32 Å². The van der Waals surface area contributed by atoms with E-state index in [0.29, 0.717) is 0 Å². The number of esters is 1. The monoisotopic (exact) mass is 217 g/mol. The number of amides is 1. The van der Waals surface area contributed by atoms with Gasteiger partial charge in [-0.3, -0.25) is 14.4 Å². The summed E-state index contributed by atoms with van der Waals surface area (Å²) in [6.45, 7) is 1.42. The van der Waals surface area contributed by atoms with Gasteiger partial charge in [0.25, 0.3) is 0 Å². The van der Waals surface area contributed by atoms with Crippen molar-refractivity contribution in [3.05, 3.63) is 0 Å². The summed E-state index contributed by atoms with van der Waals surface area (Å²) >= 11 is 0. The molecule has 0 fully saturated rings. The van der Waals surface area contributed by atoms with Crippen LogP contribution >= 0.6 is 0 Å². The van der Waals surface area contributed by atoms with E-state index < -0.39 is 17.9 Å². The summed E-state index contributed by atoms with van der Waals surface area (Å²) < 4.78 is 4.33. The van der Waals surface area contributed by atoms with E-state index >= 15 is 0 Å². The summed E-state index contributed by atoms with van der Waals surface area (Å²) in [6.07, 6.45) is 0.190. The van der Waals surface area contributed by atoms with Crippen LogP contribution in [0.25, 0.3) is 0 Å². The van der Waals surface area contributed by atoms with Crippen LogP contribution in [0.5, 0.6) is 0 Å². The van der Waals surface area contributed by atoms with Crippen LogP contribution in [-0.4, -0.2) is 36.6 Å². The summed E-state index contributed by atoms with van der Waals surface area (Å²) in [6, 6.07) is 0. The molecule has 0 aliphatic heterocycles. The number of ether oxygens (including phenoxy) is 1. The van der Waals surface area contributed by atoms with E-state index in [2.05, 4.69) is 10.1 Å². The standard InChI is InChI=1S/C9H15NO5/c1-6(3-4-7(11)12)9(14)10-5-8(13)15-2/h6H,3-5H2,1-2H3,(H,10,14)(H,11,12)/t6-/m0/s1. The minimum atomic E-state index is -0.942. The van der Waals surface area contributed by atoms with Crippen molar-refractivity contribution in [1.29, 1.82) is 0 Å². The fraction of sp³-hybridized carbons (Fsp3) is 0.667. The van der Waals surface area contributed by atoms with E-state index in [0.717, 1.165) is 0 Å². The predicted octanol–water partition coefficient (Wildman–Crippen LogP) is -0.224. The first-order valence-corrected chi connectivity index (χ1v) is 4.53. The molecule has 0 aromatic heterocycles. The number of carbonyl (C=O) groups excluding carboxylic acids is 2. The molecule has 0 saturated carbocycles. The molecule has 0 unspecified atom stereocenters. The third-order valence-corrected chi connectivity index (χ3v) is 1.87. The number of hydrogen-bond acceptors (Lipinski definition) is 4. The van der Waals surface area contributed by atoms with E-state index in [9.17, 15) is 14.4 Å². The second-order valence-corrected chi connectivity index (χ2v) is 3.13. The lowest BCUT2D eigenvalue weighted by Crippen LogP contribution is -2.34. The lowest BCUT2D eigenvalue weighted by atomic mass is 10.1. The minimum absolute atomic E-state index is 0.0627. The zero-order chi connectivity index (χ0) is 11.8. The van der Waals surface area contributed by atoms with Crippen molar-refractivity contribution in [2.24, 2.45) is 5.92 Å². The summed E-state index contributed by atoms with van der Waals surface area (Å²) in [5.74, 6) is -2.25. The van der Waals surface area contributed by atoms with Gasteiger partial charge < -0.3 is 15.2 Å². The van der Waals surface area contributed by atoms with Gasteiger partial charge in [-0.1, -0.05) is 6.92 Å². The molecule has 0 radical (unpaired) electrons. The van der Waals surface area contributed by atoms with Gasteiger partial charge in [0.1, 0.15) is 6.54 Å². The Morgan fingerprint density at radius 1 is 1.40 bits per heavy atom. The summed E-state index contributed by atoms with van der Waals surface area (Å²) in [5.41, 5.74) is 0. The number of carbonyl (C=O) groups is 3. The number of rotatable bonds is 6. The zero-order valence-electron chi connectivity index (χ0n) is 8.78. The van der Waals surface area contributed by atoms with Crippen molar-refractivity contribution in [3.63, 3.8) is 0 Å². The topological polar surface area (TPSA) is 92.7 Å². The summed E-state index contributed by atoms with van der Waals surface area (Å²) in [4.78, 5) is 32.2. The van der Waals surface area contributed by atoms with E-state index in [1.54, 1.807) is 6.92 Å². The molecule has 2 N–H and O–H groups in total. The van der Waals surface area contributed by atoms with Crippen LogP contribution in [0.4, 0.5) is 0 Å². The first-order valence-electron chi connectivity index (χ1n) is 4.53. The van der Waals surface area contributed by atoms with Gasteiger partial charge in [-0.15, -0.1) is 0 Å². The van der Waals surface area contributed by atoms with Crippen LogP contribution in [0, 0.1) is 5.92 Å². The van der Waals surface area contributed by atoms with Gasteiger partial charge >= 0.3 is 11.9 Å². The molecular weight excluding hydrogens is 202 g/mol. The maximum absolute atomic E-state index is 11.3. The van der Waals surface area contributed by atoms with Crippen molar-refractivity contribution >= 4 is 17.8 Å². The van der Waals surface area contributed by atoms with E-state index in [4.69, 9.17) is 5.11 Å². The Balaban J connectivity index is 3.79. The van der Waals surface area contributed by atoms with Gasteiger partial charge in [-0.25, -0.2) is 0 Å². The Kier molecular flexibility index (Phi) is 6.08. The van der Waals surface area contributed by atoms with E-state index in [1.807, 2.05) is 0 Å². The van der Waals surface area contributed by atoms with Crippen molar-refractivity contribution in [3.8, 4) is 0 Å². The Hall–Kier alpha value is -1.59. The number of aliphatic carboxylic acids is 1. The highest BCUT2D eigenvalue weighted by Gasteiger charge is 2.14. The fourth-order valence-electron chi connectivity index (χ4n) is 0.877. The zero-order valence-corrected chi connectivity index (χ0v) is 8.78. The average molecular weight is 217 g/mol. The maximum Gasteiger partial charge on any atom is 0.325 e. The predicted molar refractivity (Wildman–Crippen MR) is 51.1 cm³/mol. The van der Waals surface area contributed by atoms with Crippen LogP contribution in [0.15, 0.2) is 0 Å².